The van der Waals surface area contributed by atoms with E-state index in [1.54, 1.807) is 25.2 Å². The summed E-state index contributed by atoms with van der Waals surface area (Å²) < 4.78 is 17.7. The molecular weight excluding hydrogens is 466 g/mol. The van der Waals surface area contributed by atoms with Gasteiger partial charge in [-0.15, -0.1) is 0 Å². The van der Waals surface area contributed by atoms with Gasteiger partial charge >= 0.3 is 0 Å². The van der Waals surface area contributed by atoms with Gasteiger partial charge in [-0.3, -0.25) is 9.59 Å². The Balaban J connectivity index is 2.21. The predicted octanol–water partition coefficient (Wildman–Crippen LogP) is 1.39. The standard InChI is InChI=1S/C19H18FIN2O4/c1-22-16-4-5-23(9-14(25)10-24)19(27)18(16)12(7-17(22)26)6-11-2-3-13(21)8-15(11)20/h2-5,7-8,14,24-25H,6,9-10H2,1H3/t14-/m1/s1. The average Bonchev–Trinajstić information content (AvgIpc) is 2.63. The van der Waals surface area contributed by atoms with E-state index in [0.29, 0.717) is 22.0 Å². The number of pyridine rings is 2. The van der Waals surface area contributed by atoms with E-state index in [0.717, 1.165) is 3.57 Å². The fourth-order valence-electron chi connectivity index (χ4n) is 3.02. The van der Waals surface area contributed by atoms with Gasteiger partial charge in [0.25, 0.3) is 11.1 Å². The Labute approximate surface area is 167 Å². The van der Waals surface area contributed by atoms with E-state index in [-0.39, 0.29) is 18.5 Å². The zero-order valence-electron chi connectivity index (χ0n) is 14.5. The number of aromatic nitrogens is 2. The first-order valence-electron chi connectivity index (χ1n) is 8.26. The van der Waals surface area contributed by atoms with Crippen molar-refractivity contribution in [2.45, 2.75) is 19.1 Å². The van der Waals surface area contributed by atoms with Crippen molar-refractivity contribution in [1.82, 2.24) is 9.13 Å². The van der Waals surface area contributed by atoms with E-state index >= 15 is 0 Å². The summed E-state index contributed by atoms with van der Waals surface area (Å²) in [5.74, 6) is -0.400. The smallest absolute Gasteiger partial charge is 0.260 e. The Morgan fingerprint density at radius 1 is 1.19 bits per heavy atom. The third kappa shape index (κ3) is 3.97. The quantitative estimate of drug-likeness (QED) is 0.537. The maximum absolute atomic E-state index is 14.3. The first-order valence-corrected chi connectivity index (χ1v) is 9.34. The summed E-state index contributed by atoms with van der Waals surface area (Å²) >= 11 is 2.01. The number of halogens is 2. The van der Waals surface area contributed by atoms with Crippen LogP contribution in [-0.2, 0) is 20.0 Å². The molecule has 2 heterocycles. The number of aliphatic hydroxyl groups excluding tert-OH is 2. The number of rotatable bonds is 5. The van der Waals surface area contributed by atoms with E-state index in [1.165, 1.54) is 27.5 Å². The van der Waals surface area contributed by atoms with E-state index in [9.17, 15) is 19.1 Å². The van der Waals surface area contributed by atoms with Gasteiger partial charge in [0, 0.05) is 29.3 Å². The topological polar surface area (TPSA) is 84.5 Å². The summed E-state index contributed by atoms with van der Waals surface area (Å²) in [4.78, 5) is 25.2. The minimum Gasteiger partial charge on any atom is -0.394 e. The highest BCUT2D eigenvalue weighted by Gasteiger charge is 2.15. The first kappa shape index (κ1) is 19.7. The fourth-order valence-corrected chi connectivity index (χ4v) is 3.47. The minimum absolute atomic E-state index is 0.0779. The molecule has 0 aliphatic carbocycles. The summed E-state index contributed by atoms with van der Waals surface area (Å²) in [5, 5.41) is 19.0. The summed E-state index contributed by atoms with van der Waals surface area (Å²) in [6, 6.07) is 7.74. The third-order valence-corrected chi connectivity index (χ3v) is 5.14. The third-order valence-electron chi connectivity index (χ3n) is 4.47. The van der Waals surface area contributed by atoms with Crippen LogP contribution in [0.3, 0.4) is 0 Å². The summed E-state index contributed by atoms with van der Waals surface area (Å²) in [6.45, 7) is -0.552. The number of aryl methyl sites for hydroxylation is 1. The molecule has 0 aliphatic heterocycles. The second kappa shape index (κ2) is 7.91. The van der Waals surface area contributed by atoms with Gasteiger partial charge in [-0.2, -0.15) is 0 Å². The highest BCUT2D eigenvalue weighted by atomic mass is 127. The molecule has 0 aliphatic rings. The minimum atomic E-state index is -1.08. The molecule has 0 unspecified atom stereocenters. The van der Waals surface area contributed by atoms with Gasteiger partial charge in [-0.1, -0.05) is 6.07 Å². The monoisotopic (exact) mass is 484 g/mol. The molecular formula is C19H18FIN2O4. The van der Waals surface area contributed by atoms with E-state index < -0.39 is 24.1 Å². The van der Waals surface area contributed by atoms with Gasteiger partial charge < -0.3 is 19.3 Å². The van der Waals surface area contributed by atoms with Crippen molar-refractivity contribution >= 4 is 33.5 Å². The number of aliphatic hydroxyl groups is 2. The second-order valence-electron chi connectivity index (χ2n) is 6.35. The van der Waals surface area contributed by atoms with Crippen molar-refractivity contribution in [3.8, 4) is 0 Å². The molecule has 0 saturated carbocycles. The van der Waals surface area contributed by atoms with Crippen LogP contribution in [0.2, 0.25) is 0 Å². The molecule has 27 heavy (non-hydrogen) atoms. The van der Waals surface area contributed by atoms with Gasteiger partial charge in [0.15, 0.2) is 0 Å². The fraction of sp³-hybridized carbons (Fsp3) is 0.263. The van der Waals surface area contributed by atoms with Gasteiger partial charge in [-0.05, 0) is 51.9 Å². The van der Waals surface area contributed by atoms with Crippen LogP contribution in [0.1, 0.15) is 11.1 Å². The van der Waals surface area contributed by atoms with E-state index in [2.05, 4.69) is 0 Å². The van der Waals surface area contributed by atoms with Gasteiger partial charge in [0.2, 0.25) is 0 Å². The number of nitrogens with zero attached hydrogens (tertiary/aromatic N) is 2. The van der Waals surface area contributed by atoms with Crippen molar-refractivity contribution in [2.24, 2.45) is 7.05 Å². The molecule has 1 atom stereocenters. The van der Waals surface area contributed by atoms with Crippen LogP contribution in [0.4, 0.5) is 4.39 Å². The molecule has 0 radical (unpaired) electrons. The molecule has 6 nitrogen and oxygen atoms in total. The van der Waals surface area contributed by atoms with Gasteiger partial charge in [0.1, 0.15) is 5.82 Å². The molecule has 0 fully saturated rings. The zero-order valence-corrected chi connectivity index (χ0v) is 16.7. The normalized spacial score (nSPS) is 12.5. The van der Waals surface area contributed by atoms with E-state index in [1.807, 2.05) is 22.6 Å². The Bertz CT molecular complexity index is 1120. The van der Waals surface area contributed by atoms with Gasteiger partial charge in [-0.25, -0.2) is 4.39 Å². The summed E-state index contributed by atoms with van der Waals surface area (Å²) in [5.41, 5.74) is 0.539. The molecule has 0 amide bonds. The highest BCUT2D eigenvalue weighted by Crippen LogP contribution is 2.20. The van der Waals surface area contributed by atoms with Crippen molar-refractivity contribution in [3.05, 3.63) is 77.8 Å². The largest absolute Gasteiger partial charge is 0.394 e. The molecule has 1 aromatic carbocycles. The van der Waals surface area contributed by atoms with Crippen molar-refractivity contribution in [3.63, 3.8) is 0 Å². The van der Waals surface area contributed by atoms with Gasteiger partial charge in [0.05, 0.1) is 30.2 Å². The number of hydrogen-bond acceptors (Lipinski definition) is 4. The molecule has 3 aromatic rings. The van der Waals surface area contributed by atoms with Crippen LogP contribution < -0.4 is 11.1 Å². The second-order valence-corrected chi connectivity index (χ2v) is 7.59. The molecule has 2 aromatic heterocycles. The number of fused-ring (bicyclic) bond motifs is 1. The van der Waals surface area contributed by atoms with Crippen LogP contribution >= 0.6 is 22.6 Å². The number of hydrogen-bond donors (Lipinski definition) is 2. The average molecular weight is 484 g/mol. The molecule has 0 saturated heterocycles. The summed E-state index contributed by atoms with van der Waals surface area (Å²) in [7, 11) is 1.56. The lowest BCUT2D eigenvalue weighted by Crippen LogP contribution is -2.30. The SMILES string of the molecule is Cn1c(=O)cc(Cc2ccc(I)cc2F)c2c(=O)n(C[C@@H](O)CO)ccc21. The molecule has 142 valence electrons. The predicted molar refractivity (Wildman–Crippen MR) is 108 cm³/mol. The first-order chi connectivity index (χ1) is 12.8. The molecule has 8 heteroatoms. The Morgan fingerprint density at radius 3 is 2.59 bits per heavy atom. The zero-order chi connectivity index (χ0) is 19.7. The lowest BCUT2D eigenvalue weighted by molar-refractivity contribution is 0.0805. The molecule has 2 N–H and O–H groups in total. The molecule has 3 rings (SSSR count). The van der Waals surface area contributed by atoms with Crippen LogP contribution in [0.15, 0.2) is 46.1 Å². The lowest BCUT2D eigenvalue weighted by atomic mass is 10.0. The summed E-state index contributed by atoms with van der Waals surface area (Å²) in [6.07, 6.45) is 0.486. The van der Waals surface area contributed by atoms with Crippen molar-refractivity contribution in [1.29, 1.82) is 0 Å². The van der Waals surface area contributed by atoms with Crippen LogP contribution in [0.25, 0.3) is 10.9 Å². The lowest BCUT2D eigenvalue weighted by Gasteiger charge is -2.14. The molecule has 0 spiro atoms. The van der Waals surface area contributed by atoms with Crippen LogP contribution in [-0.4, -0.2) is 32.1 Å². The van der Waals surface area contributed by atoms with Crippen LogP contribution in [0, 0.1) is 9.39 Å². The maximum Gasteiger partial charge on any atom is 0.260 e. The Kier molecular flexibility index (Phi) is 5.78. The number of benzene rings is 1. The van der Waals surface area contributed by atoms with E-state index in [4.69, 9.17) is 5.11 Å². The Morgan fingerprint density at radius 2 is 1.93 bits per heavy atom. The Hall–Kier alpha value is -2.04. The van der Waals surface area contributed by atoms with Crippen LogP contribution in [0.5, 0.6) is 0 Å². The maximum atomic E-state index is 14.3. The van der Waals surface area contributed by atoms with Crippen molar-refractivity contribution in [2.75, 3.05) is 6.61 Å². The molecule has 0 bridgehead atoms. The van der Waals surface area contributed by atoms with Crippen molar-refractivity contribution < 1.29 is 14.6 Å². The highest BCUT2D eigenvalue weighted by molar-refractivity contribution is 14.1.